The van der Waals surface area contributed by atoms with Crippen molar-refractivity contribution < 1.29 is 4.42 Å². The van der Waals surface area contributed by atoms with Crippen LogP contribution < -0.4 is 10.6 Å². The van der Waals surface area contributed by atoms with Gasteiger partial charge in [-0.3, -0.25) is 4.90 Å². The van der Waals surface area contributed by atoms with Gasteiger partial charge in [0.2, 0.25) is 5.89 Å². The maximum atomic E-state index is 5.77. The molecule has 1 aromatic carbocycles. The molecule has 0 bridgehead atoms. The van der Waals surface area contributed by atoms with Gasteiger partial charge in [-0.25, -0.2) is 0 Å². The quantitative estimate of drug-likeness (QED) is 0.896. The summed E-state index contributed by atoms with van der Waals surface area (Å²) in [7, 11) is 0. The molecule has 2 aromatic rings. The molecule has 1 unspecified atom stereocenters. The lowest BCUT2D eigenvalue weighted by molar-refractivity contribution is 0.463. The zero-order valence-electron chi connectivity index (χ0n) is 11.0. The molecule has 2 heterocycles. The van der Waals surface area contributed by atoms with E-state index in [0.717, 1.165) is 19.4 Å². The van der Waals surface area contributed by atoms with E-state index in [1.165, 1.54) is 17.7 Å². The Morgan fingerprint density at radius 2 is 2.11 bits per heavy atom. The van der Waals surface area contributed by atoms with Crippen molar-refractivity contribution >= 4 is 11.7 Å². The van der Waals surface area contributed by atoms with Crippen molar-refractivity contribution in [2.75, 3.05) is 11.4 Å². The summed E-state index contributed by atoms with van der Waals surface area (Å²) in [5, 5.41) is 8.14. The molecule has 0 fully saturated rings. The molecule has 19 heavy (non-hydrogen) atoms. The Kier molecular flexibility index (Phi) is 3.21. The number of hydrogen-bond donors (Lipinski definition) is 1. The van der Waals surface area contributed by atoms with E-state index in [1.54, 1.807) is 0 Å². The summed E-state index contributed by atoms with van der Waals surface area (Å²) in [6.45, 7) is 2.74. The Balaban J connectivity index is 1.99. The van der Waals surface area contributed by atoms with E-state index in [-0.39, 0.29) is 6.04 Å². The normalized spacial score (nSPS) is 16.8. The highest BCUT2D eigenvalue weighted by molar-refractivity contribution is 5.61. The summed E-state index contributed by atoms with van der Waals surface area (Å²) in [5.74, 6) is 0.483. The van der Waals surface area contributed by atoms with Gasteiger partial charge in [0.05, 0.1) is 6.04 Å². The second-order valence-corrected chi connectivity index (χ2v) is 4.95. The van der Waals surface area contributed by atoms with Gasteiger partial charge in [-0.05, 0) is 37.8 Å². The molecule has 2 N–H and O–H groups in total. The number of benzene rings is 1. The number of hydrogen-bond acceptors (Lipinski definition) is 5. The van der Waals surface area contributed by atoms with Crippen LogP contribution in [-0.4, -0.2) is 16.7 Å². The lowest BCUT2D eigenvalue weighted by Gasteiger charge is -2.20. The fourth-order valence-electron chi connectivity index (χ4n) is 2.41. The first kappa shape index (κ1) is 12.2. The van der Waals surface area contributed by atoms with Crippen LogP contribution in [0, 0.1) is 0 Å². The lowest BCUT2D eigenvalue weighted by atomic mass is 10.1. The molecule has 0 aliphatic carbocycles. The monoisotopic (exact) mass is 258 g/mol. The number of nitrogens with two attached hydrogens (primary N) is 1. The molecule has 5 nitrogen and oxygen atoms in total. The third kappa shape index (κ3) is 2.33. The maximum Gasteiger partial charge on any atom is 0.322 e. The predicted octanol–water partition coefficient (Wildman–Crippen LogP) is 2.56. The van der Waals surface area contributed by atoms with Gasteiger partial charge in [-0.15, -0.1) is 5.10 Å². The minimum absolute atomic E-state index is 0.233. The SMILES string of the molecule is CC(N)c1nnc(N2CCCCc3ccccc32)o1. The number of fused-ring (bicyclic) bond motifs is 1. The average molecular weight is 258 g/mol. The molecule has 1 aliphatic rings. The van der Waals surface area contributed by atoms with Crippen molar-refractivity contribution in [1.29, 1.82) is 0 Å². The Bertz CT molecular complexity index is 564. The van der Waals surface area contributed by atoms with Crippen LogP contribution >= 0.6 is 0 Å². The highest BCUT2D eigenvalue weighted by Crippen LogP contribution is 2.32. The van der Waals surface area contributed by atoms with E-state index in [2.05, 4.69) is 33.3 Å². The van der Waals surface area contributed by atoms with Crippen LogP contribution in [0.2, 0.25) is 0 Å². The number of aryl methyl sites for hydroxylation is 1. The molecule has 100 valence electrons. The largest absolute Gasteiger partial charge is 0.406 e. The summed E-state index contributed by atoms with van der Waals surface area (Å²) in [6.07, 6.45) is 3.40. The van der Waals surface area contributed by atoms with Crippen LogP contribution in [0.15, 0.2) is 28.7 Å². The van der Waals surface area contributed by atoms with Gasteiger partial charge in [-0.2, -0.15) is 0 Å². The van der Waals surface area contributed by atoms with Crippen LogP contribution in [0.1, 0.15) is 37.3 Å². The molecule has 0 saturated carbocycles. The van der Waals surface area contributed by atoms with Gasteiger partial charge >= 0.3 is 6.01 Å². The molecular weight excluding hydrogens is 240 g/mol. The zero-order valence-corrected chi connectivity index (χ0v) is 11.0. The summed E-state index contributed by atoms with van der Waals surface area (Å²) < 4.78 is 5.68. The number of rotatable bonds is 2. The Hall–Kier alpha value is -1.88. The van der Waals surface area contributed by atoms with Crippen molar-refractivity contribution in [3.05, 3.63) is 35.7 Å². The highest BCUT2D eigenvalue weighted by Gasteiger charge is 2.21. The Labute approximate surface area is 112 Å². The third-order valence-corrected chi connectivity index (χ3v) is 3.41. The number of para-hydroxylation sites is 1. The molecule has 1 aromatic heterocycles. The maximum absolute atomic E-state index is 5.77. The van der Waals surface area contributed by atoms with Crippen LogP contribution in [0.5, 0.6) is 0 Å². The molecule has 1 atom stereocenters. The van der Waals surface area contributed by atoms with Crippen molar-refractivity contribution in [2.24, 2.45) is 5.73 Å². The highest BCUT2D eigenvalue weighted by atomic mass is 16.4. The van der Waals surface area contributed by atoms with Crippen LogP contribution in [0.4, 0.5) is 11.7 Å². The van der Waals surface area contributed by atoms with Crippen LogP contribution in [0.25, 0.3) is 0 Å². The minimum Gasteiger partial charge on any atom is -0.406 e. The van der Waals surface area contributed by atoms with Crippen LogP contribution in [0.3, 0.4) is 0 Å². The molecule has 0 spiro atoms. The van der Waals surface area contributed by atoms with E-state index in [4.69, 9.17) is 10.2 Å². The lowest BCUT2D eigenvalue weighted by Crippen LogP contribution is -2.18. The number of aromatic nitrogens is 2. The molecule has 1 aliphatic heterocycles. The first-order chi connectivity index (χ1) is 9.25. The topological polar surface area (TPSA) is 68.2 Å². The zero-order chi connectivity index (χ0) is 13.2. The van der Waals surface area contributed by atoms with Gasteiger partial charge in [0.15, 0.2) is 0 Å². The standard InChI is InChI=1S/C14H18N4O/c1-10(15)13-16-17-14(19-13)18-9-5-4-7-11-6-2-3-8-12(11)18/h2-3,6,8,10H,4-5,7,9,15H2,1H3. The van der Waals surface area contributed by atoms with Crippen molar-refractivity contribution in [1.82, 2.24) is 10.2 Å². The van der Waals surface area contributed by atoms with Gasteiger partial charge in [0.1, 0.15) is 0 Å². The fraction of sp³-hybridized carbons (Fsp3) is 0.429. The average Bonchev–Trinajstić information content (AvgIpc) is 2.80. The number of anilines is 2. The van der Waals surface area contributed by atoms with Gasteiger partial charge in [0, 0.05) is 12.2 Å². The first-order valence-corrected chi connectivity index (χ1v) is 6.70. The summed E-state index contributed by atoms with van der Waals surface area (Å²) >= 11 is 0. The fourth-order valence-corrected chi connectivity index (χ4v) is 2.41. The summed E-state index contributed by atoms with van der Waals surface area (Å²) in [6, 6.07) is 8.70. The van der Waals surface area contributed by atoms with E-state index < -0.39 is 0 Å². The second-order valence-electron chi connectivity index (χ2n) is 4.95. The summed E-state index contributed by atoms with van der Waals surface area (Å²) in [5.41, 5.74) is 8.27. The van der Waals surface area contributed by atoms with Crippen molar-refractivity contribution in [2.45, 2.75) is 32.2 Å². The van der Waals surface area contributed by atoms with Gasteiger partial charge in [0.25, 0.3) is 0 Å². The molecule has 5 heteroatoms. The van der Waals surface area contributed by atoms with Crippen molar-refractivity contribution in [3.8, 4) is 0 Å². The van der Waals surface area contributed by atoms with E-state index >= 15 is 0 Å². The second kappa shape index (κ2) is 5.01. The first-order valence-electron chi connectivity index (χ1n) is 6.70. The Morgan fingerprint density at radius 1 is 1.26 bits per heavy atom. The van der Waals surface area contributed by atoms with E-state index in [1.807, 2.05) is 13.0 Å². The van der Waals surface area contributed by atoms with Crippen molar-refractivity contribution in [3.63, 3.8) is 0 Å². The van der Waals surface area contributed by atoms with Gasteiger partial charge in [-0.1, -0.05) is 23.3 Å². The van der Waals surface area contributed by atoms with Gasteiger partial charge < -0.3 is 10.2 Å². The summed E-state index contributed by atoms with van der Waals surface area (Å²) in [4.78, 5) is 2.10. The smallest absolute Gasteiger partial charge is 0.322 e. The molecule has 0 radical (unpaired) electrons. The molecule has 3 rings (SSSR count). The van der Waals surface area contributed by atoms with Crippen LogP contribution in [-0.2, 0) is 6.42 Å². The third-order valence-electron chi connectivity index (χ3n) is 3.41. The Morgan fingerprint density at radius 3 is 2.89 bits per heavy atom. The van der Waals surface area contributed by atoms with E-state index in [0.29, 0.717) is 11.9 Å². The molecule has 0 amide bonds. The minimum atomic E-state index is -0.233. The number of nitrogens with zero attached hydrogens (tertiary/aromatic N) is 3. The molecular formula is C14H18N4O. The molecule has 0 saturated heterocycles. The predicted molar refractivity (Wildman–Crippen MR) is 73.3 cm³/mol. The van der Waals surface area contributed by atoms with E-state index in [9.17, 15) is 0 Å².